The van der Waals surface area contributed by atoms with Crippen LogP contribution in [-0.2, 0) is 42.8 Å². The summed E-state index contributed by atoms with van der Waals surface area (Å²) in [7, 11) is 3.63. The summed E-state index contributed by atoms with van der Waals surface area (Å²) in [4.78, 5) is 74.2. The molecule has 17 heteroatoms. The Kier molecular flexibility index (Phi) is 14.5. The number of aliphatic hydroxyl groups is 1. The highest BCUT2D eigenvalue weighted by Gasteiger charge is 2.53. The third kappa shape index (κ3) is 10.1. The van der Waals surface area contributed by atoms with Crippen molar-refractivity contribution < 1.29 is 57.5 Å². The Balaban J connectivity index is 1.47. The molecule has 0 bridgehead atoms. The van der Waals surface area contributed by atoms with Gasteiger partial charge in [0.2, 0.25) is 0 Å². The molecule has 58 heavy (non-hydrogen) atoms. The van der Waals surface area contributed by atoms with E-state index in [2.05, 4.69) is 15.4 Å². The molecule has 3 aliphatic rings. The smallest absolute Gasteiger partial charge is 0.458 e. The van der Waals surface area contributed by atoms with Crippen LogP contribution >= 0.6 is 0 Å². The number of benzene rings is 1. The molecule has 2 N–H and O–H groups in total. The van der Waals surface area contributed by atoms with E-state index in [1.807, 2.05) is 50.2 Å². The van der Waals surface area contributed by atoms with Crippen molar-refractivity contribution in [2.45, 2.75) is 122 Å². The van der Waals surface area contributed by atoms with Gasteiger partial charge in [-0.1, -0.05) is 45.9 Å². The predicted octanol–water partition coefficient (Wildman–Crippen LogP) is 3.89. The maximum Gasteiger partial charge on any atom is 0.509 e. The molecular weight excluding hydrogens is 754 g/mol. The van der Waals surface area contributed by atoms with Crippen LogP contribution < -0.4 is 5.32 Å². The molecule has 0 radical (unpaired) electrons. The van der Waals surface area contributed by atoms with Gasteiger partial charge in [0, 0.05) is 23.8 Å². The standard InChI is InChI=1S/C41H57N5O12/c1-10-30-35-31(44-39(51)56-35)24(4)32(47)22(2)19-41(7,58-40(52)53-17-11-12-27-13-15-28(16-14-27)46-21-42-20-43-46)36(25(5)33(48)26(6)37(50)55-30)57-38-34(49)29(45(8)9)18-23(3)54-38/h11-16,20-26,29-31,34-36,38,49H,10,17-19H2,1-9H3,(H,44,51)/b12-11+/t22-,23-,24-,25+,26-,29+,30-,31+,34-,35-,36?,38?,41-/m1/s1. The number of likely N-dealkylation sites (N-methyl/N-ethyl adjacent to an activating group) is 1. The van der Waals surface area contributed by atoms with Gasteiger partial charge in [0.1, 0.15) is 54.9 Å². The molecule has 17 nitrogen and oxygen atoms in total. The number of alkyl carbamates (subject to hydrolysis) is 1. The number of esters is 1. The topological polar surface area (TPSA) is 207 Å². The van der Waals surface area contributed by atoms with Crippen LogP contribution in [0.4, 0.5) is 9.59 Å². The second kappa shape index (κ2) is 18.9. The number of fused-ring (bicyclic) bond motifs is 1. The quantitative estimate of drug-likeness (QED) is 0.209. The Morgan fingerprint density at radius 1 is 1.05 bits per heavy atom. The van der Waals surface area contributed by atoms with Crippen molar-refractivity contribution in [2.24, 2.45) is 23.7 Å². The van der Waals surface area contributed by atoms with Crippen molar-refractivity contribution in [3.63, 3.8) is 0 Å². The molecule has 5 rings (SSSR count). The lowest BCUT2D eigenvalue weighted by Crippen LogP contribution is -2.60. The van der Waals surface area contributed by atoms with Crippen LogP contribution in [0.25, 0.3) is 11.8 Å². The normalized spacial score (nSPS) is 35.2. The molecule has 1 aromatic heterocycles. The summed E-state index contributed by atoms with van der Waals surface area (Å²) in [6.45, 7) is 11.1. The van der Waals surface area contributed by atoms with Crippen molar-refractivity contribution in [2.75, 3.05) is 20.7 Å². The minimum Gasteiger partial charge on any atom is -0.458 e. The van der Waals surface area contributed by atoms with Crippen LogP contribution in [0.15, 0.2) is 43.0 Å². The minimum absolute atomic E-state index is 0.181. The molecule has 3 aliphatic heterocycles. The number of hydrogen-bond donors (Lipinski definition) is 2. The first-order valence-corrected chi connectivity index (χ1v) is 19.8. The van der Waals surface area contributed by atoms with Crippen LogP contribution in [-0.4, -0.2) is 130 Å². The monoisotopic (exact) mass is 811 g/mol. The first kappa shape index (κ1) is 44.4. The van der Waals surface area contributed by atoms with Gasteiger partial charge >= 0.3 is 18.2 Å². The van der Waals surface area contributed by atoms with E-state index >= 15 is 0 Å². The Bertz CT molecular complexity index is 1790. The number of cyclic esters (lactones) is 1. The Hall–Kier alpha value is -4.71. The largest absolute Gasteiger partial charge is 0.509 e. The second-order valence-electron chi connectivity index (χ2n) is 16.1. The average molecular weight is 812 g/mol. The number of hydrogen-bond acceptors (Lipinski definition) is 15. The number of aromatic nitrogens is 3. The van der Waals surface area contributed by atoms with Gasteiger partial charge in [0.25, 0.3) is 0 Å². The zero-order valence-corrected chi connectivity index (χ0v) is 34.6. The van der Waals surface area contributed by atoms with Gasteiger partial charge in [0.05, 0.1) is 17.8 Å². The molecule has 4 heterocycles. The summed E-state index contributed by atoms with van der Waals surface area (Å²) in [5.41, 5.74) is -0.164. The Morgan fingerprint density at radius 2 is 1.76 bits per heavy atom. The second-order valence-corrected chi connectivity index (χ2v) is 16.1. The lowest BCUT2D eigenvalue weighted by atomic mass is 9.75. The molecule has 0 aliphatic carbocycles. The number of Topliss-reactive ketones (excluding diaryl/α,β-unsaturated/α-hetero) is 2. The number of nitrogens with zero attached hydrogens (tertiary/aromatic N) is 4. The molecule has 3 saturated heterocycles. The van der Waals surface area contributed by atoms with Gasteiger partial charge in [-0.05, 0) is 77.9 Å². The van der Waals surface area contributed by atoms with E-state index in [1.165, 1.54) is 27.1 Å². The van der Waals surface area contributed by atoms with Gasteiger partial charge in [-0.25, -0.2) is 19.3 Å². The molecule has 318 valence electrons. The summed E-state index contributed by atoms with van der Waals surface area (Å²) in [5, 5.41) is 18.3. The van der Waals surface area contributed by atoms with E-state index < -0.39 is 90.0 Å². The van der Waals surface area contributed by atoms with Crippen LogP contribution in [0.2, 0.25) is 0 Å². The van der Waals surface area contributed by atoms with E-state index in [1.54, 1.807) is 43.9 Å². The highest BCUT2D eigenvalue weighted by molar-refractivity contribution is 6.00. The van der Waals surface area contributed by atoms with Gasteiger partial charge in [-0.15, -0.1) is 0 Å². The van der Waals surface area contributed by atoms with Crippen LogP contribution in [0.5, 0.6) is 0 Å². The molecule has 0 spiro atoms. The van der Waals surface area contributed by atoms with Crippen LogP contribution in [0, 0.1) is 23.7 Å². The summed E-state index contributed by atoms with van der Waals surface area (Å²) in [5.74, 6) is -6.02. The average Bonchev–Trinajstić information content (AvgIpc) is 3.87. The molecule has 2 aromatic rings. The molecule has 13 atom stereocenters. The maximum atomic E-state index is 14.3. The van der Waals surface area contributed by atoms with E-state index in [0.29, 0.717) is 6.42 Å². The Morgan fingerprint density at radius 3 is 2.40 bits per heavy atom. The van der Waals surface area contributed by atoms with Crippen molar-refractivity contribution >= 4 is 35.9 Å². The summed E-state index contributed by atoms with van der Waals surface area (Å²) in [6.07, 6.45) is -1.13. The summed E-state index contributed by atoms with van der Waals surface area (Å²) in [6, 6.07) is 6.17. The molecular formula is C41H57N5O12. The van der Waals surface area contributed by atoms with Crippen molar-refractivity contribution in [1.82, 2.24) is 25.0 Å². The van der Waals surface area contributed by atoms with Crippen molar-refractivity contribution in [3.05, 3.63) is 48.6 Å². The van der Waals surface area contributed by atoms with Gasteiger partial charge in [-0.3, -0.25) is 14.4 Å². The predicted molar refractivity (Wildman–Crippen MR) is 207 cm³/mol. The minimum atomic E-state index is -1.80. The molecule has 3 fully saturated rings. The maximum absolute atomic E-state index is 14.3. The number of nitrogens with one attached hydrogen (secondary N) is 1. The first-order valence-electron chi connectivity index (χ1n) is 19.8. The lowest BCUT2D eigenvalue weighted by Gasteiger charge is -2.46. The van der Waals surface area contributed by atoms with Crippen LogP contribution in [0.1, 0.15) is 73.3 Å². The number of carbonyl (C=O) groups is 5. The van der Waals surface area contributed by atoms with E-state index in [4.69, 9.17) is 28.4 Å². The van der Waals surface area contributed by atoms with E-state index in [-0.39, 0.29) is 37.4 Å². The third-order valence-corrected chi connectivity index (χ3v) is 11.4. The zero-order valence-electron chi connectivity index (χ0n) is 34.6. The Labute approximate surface area is 338 Å². The summed E-state index contributed by atoms with van der Waals surface area (Å²) < 4.78 is 37.3. The van der Waals surface area contributed by atoms with Gasteiger partial charge in [-0.2, -0.15) is 5.10 Å². The highest BCUT2D eigenvalue weighted by Crippen LogP contribution is 2.38. The third-order valence-electron chi connectivity index (χ3n) is 11.4. The number of ketones is 2. The van der Waals surface area contributed by atoms with Gasteiger partial charge in [0.15, 0.2) is 18.2 Å². The number of amides is 1. The van der Waals surface area contributed by atoms with Crippen molar-refractivity contribution in [1.29, 1.82) is 0 Å². The molecule has 2 unspecified atom stereocenters. The fraction of sp³-hybridized carbons (Fsp3) is 0.634. The fourth-order valence-corrected chi connectivity index (χ4v) is 8.20. The molecule has 1 aromatic carbocycles. The van der Waals surface area contributed by atoms with Gasteiger partial charge < -0.3 is 43.7 Å². The lowest BCUT2D eigenvalue weighted by molar-refractivity contribution is -0.293. The SMILES string of the molecule is CC[C@H]1OC(=O)[C@H](C)C(=O)[C@H](C)C(OC2O[C@H](C)C[C@H](N(C)C)[C@H]2O)[C@](C)(OC(=O)OC/C=C/c2ccc(-n3cncn3)cc2)C[C@@H](C)C(=O)[C@H](C)[C@@H]2NC(=O)O[C@@H]21. The number of aliphatic hydroxyl groups excluding tert-OH is 1. The molecule has 1 amide bonds. The summed E-state index contributed by atoms with van der Waals surface area (Å²) >= 11 is 0. The molecule has 0 saturated carbocycles. The first-order chi connectivity index (χ1) is 27.4. The van der Waals surface area contributed by atoms with E-state index in [0.717, 1.165) is 11.3 Å². The number of rotatable bonds is 9. The van der Waals surface area contributed by atoms with E-state index in [9.17, 15) is 29.1 Å². The number of carbonyl (C=O) groups excluding carboxylic acids is 5. The van der Waals surface area contributed by atoms with Crippen LogP contribution in [0.3, 0.4) is 0 Å². The van der Waals surface area contributed by atoms with Crippen molar-refractivity contribution in [3.8, 4) is 5.69 Å². The highest BCUT2D eigenvalue weighted by atomic mass is 16.8. The number of ether oxygens (including phenoxy) is 6. The fourth-order valence-electron chi connectivity index (χ4n) is 8.20. The zero-order chi connectivity index (χ0) is 42.5.